The molecule has 0 amide bonds. The molecule has 7 heterocycles. The lowest BCUT2D eigenvalue weighted by molar-refractivity contribution is 0.670. The highest BCUT2D eigenvalue weighted by Gasteiger charge is 2.26. The molecule has 29 aromatic rings. The number of aromatic nitrogens is 12. The van der Waals surface area contributed by atoms with Gasteiger partial charge >= 0.3 is 0 Å². The van der Waals surface area contributed by atoms with E-state index in [1.165, 1.54) is 103 Å². The van der Waals surface area contributed by atoms with Gasteiger partial charge in [-0.05, 0) is 151 Å². The molecule has 0 atom stereocenters. The predicted molar refractivity (Wildman–Crippen MR) is 600 cm³/mol. The molecule has 146 heavy (non-hydrogen) atoms. The monoisotopic (exact) mass is 1860 g/mol. The number of benzene rings is 22. The zero-order valence-electron chi connectivity index (χ0n) is 78.8. The van der Waals surface area contributed by atoms with Crippen LogP contribution in [0.5, 0.6) is 0 Å². The Labute approximate surface area is 839 Å². The van der Waals surface area contributed by atoms with Gasteiger partial charge < -0.3 is 18.1 Å². The highest BCUT2D eigenvalue weighted by Crippen LogP contribution is 2.47. The molecule has 682 valence electrons. The van der Waals surface area contributed by atoms with E-state index in [0.717, 1.165) is 117 Å². The Hall–Kier alpha value is -19.9. The Morgan fingerprint density at radius 3 is 0.767 bits per heavy atom. The molecule has 7 aromatic heterocycles. The van der Waals surface area contributed by atoms with Crippen LogP contribution in [-0.4, -0.2) is 58.6 Å². The SMILES string of the molecule is c1ccc(-c2ccc3c4ccc(-c5cccc6c5oc5ccccc56)cc4n(-c4cccc(-c5nc(-c6ccccc6)nc(-c6ccccc6)n5)c4)c3c2)cc1.c1ccc(-c2nc(-c3ccccc3)nc(-c3ccc(-n4c5ccc6ccccc6c5c5c6ccccc6ccc54)cc3)n2)cc1.c1ccc(-c2nc(-c3ccccc3)nc(-c3cccc(-n4c5ccc6ccccc6c5c5c6ccccc6ccc54)c3)n2)cc1. The number of furan rings is 1. The highest BCUT2D eigenvalue weighted by atomic mass is 16.3. The maximum atomic E-state index is 6.51. The third kappa shape index (κ3) is 15.4. The van der Waals surface area contributed by atoms with Gasteiger partial charge in [0.2, 0.25) is 0 Å². The van der Waals surface area contributed by atoms with Gasteiger partial charge in [-0.25, -0.2) is 44.9 Å². The summed E-state index contributed by atoms with van der Waals surface area (Å²) in [6.45, 7) is 0. The summed E-state index contributed by atoms with van der Waals surface area (Å²) < 4.78 is 13.6. The molecule has 13 heteroatoms. The average molecular weight is 1870 g/mol. The minimum atomic E-state index is 0.613. The number of para-hydroxylation sites is 2. The standard InChI is InChI=1S/C51H32N4O.2C41H26N4/c1-4-14-33(15-5-1)36-26-28-41-42-29-27-37(40-23-13-24-44-43-22-10-11-25-47(43)56-48(40)44)32-46(42)55(45(41)31-36)39-21-12-20-38(30-39)51-53-49(34-16-6-2-7-17-34)52-50(54-51)35-18-8-3-9-19-35;1-3-14-29(15-4-1)39-42-40(30-16-5-2-6-17-30)44-41(43-39)31-18-11-19-32(26-31)45-35-24-22-27-12-7-9-20-33(27)37(35)38-34-21-10-8-13-28(34)23-25-36(38)45;1-3-13-29(14-4-1)39-42-40(30-15-5-2-6-16-30)44-41(43-39)31-19-23-32(24-20-31)45-35-25-21-27-11-7-9-17-33(27)37(35)38-34-18-10-8-12-28(34)22-26-36(38)45/h1-32H;2*1-26H. The van der Waals surface area contributed by atoms with Gasteiger partial charge in [0.1, 0.15) is 11.2 Å². The van der Waals surface area contributed by atoms with Crippen molar-refractivity contribution < 1.29 is 4.42 Å². The molecule has 0 N–H and O–H groups in total. The number of hydrogen-bond donors (Lipinski definition) is 0. The Morgan fingerprint density at radius 2 is 0.404 bits per heavy atom. The second-order valence-corrected chi connectivity index (χ2v) is 36.6. The molecule has 0 aliphatic heterocycles. The molecule has 22 aromatic carbocycles. The largest absolute Gasteiger partial charge is 0.455 e. The van der Waals surface area contributed by atoms with Crippen LogP contribution in [0.2, 0.25) is 0 Å². The van der Waals surface area contributed by atoms with Crippen LogP contribution < -0.4 is 0 Å². The van der Waals surface area contributed by atoms with Crippen LogP contribution in [0.15, 0.2) is 514 Å². The molecule has 0 fully saturated rings. The van der Waals surface area contributed by atoms with E-state index in [1.54, 1.807) is 0 Å². The summed E-state index contributed by atoms with van der Waals surface area (Å²) in [4.78, 5) is 44.6. The van der Waals surface area contributed by atoms with Gasteiger partial charge in [-0.15, -0.1) is 0 Å². The summed E-state index contributed by atoms with van der Waals surface area (Å²) in [5, 5.41) is 19.7. The summed E-state index contributed by atoms with van der Waals surface area (Å²) in [5.74, 6) is 5.79. The first-order valence-corrected chi connectivity index (χ1v) is 49.0. The first kappa shape index (κ1) is 85.3. The number of rotatable bonds is 14. The lowest BCUT2D eigenvalue weighted by Crippen LogP contribution is -2.01. The van der Waals surface area contributed by atoms with Crippen molar-refractivity contribution in [3.05, 3.63) is 510 Å². The minimum Gasteiger partial charge on any atom is -0.455 e. The highest BCUT2D eigenvalue weighted by molar-refractivity contribution is 6.30. The Balaban J connectivity index is 0.000000110. The molecule has 0 bridgehead atoms. The van der Waals surface area contributed by atoms with Gasteiger partial charge in [-0.1, -0.05) is 419 Å². The fourth-order valence-corrected chi connectivity index (χ4v) is 21.0. The molecular formula is C133H84N12O. The first-order valence-electron chi connectivity index (χ1n) is 49.0. The van der Waals surface area contributed by atoms with Gasteiger partial charge in [0.25, 0.3) is 0 Å². The molecule has 0 aliphatic carbocycles. The molecule has 0 saturated heterocycles. The molecule has 0 aliphatic rings. The summed E-state index contributed by atoms with van der Waals surface area (Å²) >= 11 is 0. The molecule has 0 saturated carbocycles. The van der Waals surface area contributed by atoms with E-state index in [-0.39, 0.29) is 0 Å². The maximum Gasteiger partial charge on any atom is 0.164 e. The van der Waals surface area contributed by atoms with Crippen LogP contribution in [0.4, 0.5) is 0 Å². The van der Waals surface area contributed by atoms with Crippen LogP contribution in [0.3, 0.4) is 0 Å². The topological polar surface area (TPSA) is 144 Å². The lowest BCUT2D eigenvalue weighted by Gasteiger charge is -2.12. The second kappa shape index (κ2) is 36.4. The summed E-state index contributed by atoms with van der Waals surface area (Å²) in [6, 6.07) is 178. The zero-order valence-corrected chi connectivity index (χ0v) is 78.8. The molecule has 0 radical (unpaired) electrons. The van der Waals surface area contributed by atoms with Gasteiger partial charge in [0.05, 0.1) is 33.1 Å². The normalized spacial score (nSPS) is 11.6. The van der Waals surface area contributed by atoms with Crippen molar-refractivity contribution in [1.29, 1.82) is 0 Å². The molecule has 0 spiro atoms. The molecule has 13 nitrogen and oxygen atoms in total. The van der Waals surface area contributed by atoms with Crippen LogP contribution in [0.25, 0.3) is 272 Å². The van der Waals surface area contributed by atoms with E-state index >= 15 is 0 Å². The quantitative estimate of drug-likeness (QED) is 0.103. The van der Waals surface area contributed by atoms with E-state index in [4.69, 9.17) is 49.3 Å². The number of fused-ring (bicyclic) bond motifs is 20. The number of hydrogen-bond acceptors (Lipinski definition) is 10. The van der Waals surface area contributed by atoms with E-state index in [2.05, 4.69) is 329 Å². The molecule has 0 unspecified atom stereocenters. The summed E-state index contributed by atoms with van der Waals surface area (Å²) in [5.41, 5.74) is 24.8. The van der Waals surface area contributed by atoms with Gasteiger partial charge in [0, 0.05) is 116 Å². The van der Waals surface area contributed by atoms with Crippen LogP contribution in [-0.2, 0) is 0 Å². The Kier molecular flexibility index (Phi) is 21.3. The van der Waals surface area contributed by atoms with Crippen molar-refractivity contribution in [2.24, 2.45) is 0 Å². The van der Waals surface area contributed by atoms with Crippen molar-refractivity contribution in [3.63, 3.8) is 0 Å². The Morgan fingerprint density at radius 1 is 0.144 bits per heavy atom. The first-order chi connectivity index (χ1) is 72.4. The van der Waals surface area contributed by atoms with Gasteiger partial charge in [0.15, 0.2) is 52.4 Å². The van der Waals surface area contributed by atoms with Crippen molar-refractivity contribution in [1.82, 2.24) is 58.6 Å². The van der Waals surface area contributed by atoms with E-state index in [9.17, 15) is 0 Å². The number of nitrogens with zero attached hydrogens (tertiary/aromatic N) is 12. The zero-order chi connectivity index (χ0) is 96.5. The van der Waals surface area contributed by atoms with Crippen LogP contribution in [0, 0.1) is 0 Å². The minimum absolute atomic E-state index is 0.613. The molecular weight excluding hydrogens is 1780 g/mol. The van der Waals surface area contributed by atoms with Crippen molar-refractivity contribution in [2.45, 2.75) is 0 Å². The van der Waals surface area contributed by atoms with E-state index in [0.29, 0.717) is 52.4 Å². The third-order valence-electron chi connectivity index (χ3n) is 27.9. The van der Waals surface area contributed by atoms with Crippen molar-refractivity contribution in [3.8, 4) is 142 Å². The van der Waals surface area contributed by atoms with Gasteiger partial charge in [-0.2, -0.15) is 0 Å². The predicted octanol–water partition coefficient (Wildman–Crippen LogP) is 33.8. The van der Waals surface area contributed by atoms with Crippen LogP contribution in [0.1, 0.15) is 0 Å². The summed E-state index contributed by atoms with van der Waals surface area (Å²) in [7, 11) is 0. The van der Waals surface area contributed by atoms with Crippen molar-refractivity contribution >= 4 is 130 Å². The third-order valence-corrected chi connectivity index (χ3v) is 27.9. The van der Waals surface area contributed by atoms with Crippen molar-refractivity contribution in [2.75, 3.05) is 0 Å². The fourth-order valence-electron chi connectivity index (χ4n) is 21.0. The van der Waals surface area contributed by atoms with E-state index in [1.807, 2.05) is 194 Å². The fraction of sp³-hybridized carbons (Fsp3) is 0. The van der Waals surface area contributed by atoms with Crippen LogP contribution >= 0.6 is 0 Å². The second-order valence-electron chi connectivity index (χ2n) is 36.6. The lowest BCUT2D eigenvalue weighted by atomic mass is 10.00. The maximum absolute atomic E-state index is 6.51. The van der Waals surface area contributed by atoms with E-state index < -0.39 is 0 Å². The smallest absolute Gasteiger partial charge is 0.164 e. The Bertz CT molecular complexity index is 9760. The van der Waals surface area contributed by atoms with Gasteiger partial charge in [-0.3, -0.25) is 0 Å². The average Bonchev–Trinajstić information content (AvgIpc) is 1.56. The molecule has 29 rings (SSSR count). The summed E-state index contributed by atoms with van der Waals surface area (Å²) in [6.07, 6.45) is 0.